The smallest absolute Gasteiger partial charge is 0.238 e. The first-order chi connectivity index (χ1) is 13.5. The number of amidine groups is 1. The maximum atomic E-state index is 12.7. The van der Waals surface area contributed by atoms with Crippen molar-refractivity contribution in [2.24, 2.45) is 4.99 Å². The van der Waals surface area contributed by atoms with Gasteiger partial charge in [-0.15, -0.1) is 0 Å². The lowest BCUT2D eigenvalue weighted by atomic mass is 10.2. The number of carbonyl (C=O) groups excluding carboxylic acids is 2. The van der Waals surface area contributed by atoms with Crippen molar-refractivity contribution < 1.29 is 14.3 Å². The molecule has 2 aromatic rings. The number of nitrogens with zero attached hydrogens (tertiary/aromatic N) is 2. The first kappa shape index (κ1) is 20.4. The van der Waals surface area contributed by atoms with Crippen LogP contribution in [0.5, 0.6) is 5.75 Å². The molecule has 146 valence electrons. The Bertz CT molecular complexity index is 885. The molecule has 1 fully saturated rings. The summed E-state index contributed by atoms with van der Waals surface area (Å²) in [6, 6.07) is 14.6. The van der Waals surface area contributed by atoms with E-state index in [-0.39, 0.29) is 18.2 Å². The number of hydrogen-bond donors (Lipinski definition) is 1. The molecule has 0 saturated carbocycles. The number of amides is 2. The summed E-state index contributed by atoms with van der Waals surface area (Å²) >= 11 is 4.67. The van der Waals surface area contributed by atoms with Crippen LogP contribution in [0, 0.1) is 0 Å². The molecule has 0 unspecified atom stereocenters. The molecule has 1 aliphatic heterocycles. The van der Waals surface area contributed by atoms with E-state index in [9.17, 15) is 9.59 Å². The summed E-state index contributed by atoms with van der Waals surface area (Å²) < 4.78 is 6.09. The zero-order valence-corrected chi connectivity index (χ0v) is 17.9. The molecule has 0 aliphatic carbocycles. The Labute approximate surface area is 176 Å². The Morgan fingerprint density at radius 3 is 2.54 bits per heavy atom. The molecule has 8 heteroatoms. The summed E-state index contributed by atoms with van der Waals surface area (Å²) in [7, 11) is 1.60. The van der Waals surface area contributed by atoms with Gasteiger partial charge in [-0.25, -0.2) is 4.99 Å². The molecule has 2 aromatic carbocycles. The molecular formula is C20H20BrN3O3S. The normalized spacial score (nSPS) is 18.2. The van der Waals surface area contributed by atoms with Gasteiger partial charge in [0.15, 0.2) is 5.17 Å². The number of aliphatic imine (C=N–C) groups is 1. The monoisotopic (exact) mass is 461 g/mol. The minimum atomic E-state index is -0.532. The summed E-state index contributed by atoms with van der Waals surface area (Å²) in [6.07, 6.45) is 0.141. The molecule has 0 radical (unpaired) electrons. The van der Waals surface area contributed by atoms with Crippen LogP contribution in [0.15, 0.2) is 58.0 Å². The van der Waals surface area contributed by atoms with Crippen LogP contribution in [0.25, 0.3) is 0 Å². The Morgan fingerprint density at radius 1 is 1.25 bits per heavy atom. The lowest BCUT2D eigenvalue weighted by Crippen LogP contribution is -2.45. The third-order valence-electron chi connectivity index (χ3n) is 4.16. The number of halogens is 1. The number of carbonyl (C=O) groups is 2. The predicted molar refractivity (Wildman–Crippen MR) is 116 cm³/mol. The van der Waals surface area contributed by atoms with E-state index < -0.39 is 5.25 Å². The highest BCUT2D eigenvalue weighted by Crippen LogP contribution is 2.30. The highest BCUT2D eigenvalue weighted by molar-refractivity contribution is 9.10. The second kappa shape index (κ2) is 9.25. The van der Waals surface area contributed by atoms with Gasteiger partial charge in [0.2, 0.25) is 11.8 Å². The minimum absolute atomic E-state index is 0.107. The van der Waals surface area contributed by atoms with E-state index in [1.165, 1.54) is 11.8 Å². The van der Waals surface area contributed by atoms with Crippen LogP contribution in [-0.2, 0) is 9.59 Å². The average Bonchev–Trinajstić information content (AvgIpc) is 2.70. The van der Waals surface area contributed by atoms with Gasteiger partial charge in [0.1, 0.15) is 11.0 Å². The Balaban J connectivity index is 1.78. The van der Waals surface area contributed by atoms with Gasteiger partial charge < -0.3 is 10.1 Å². The number of anilines is 1. The number of rotatable bonds is 5. The second-order valence-corrected chi connectivity index (χ2v) is 8.12. The summed E-state index contributed by atoms with van der Waals surface area (Å²) in [6.45, 7) is 2.39. The van der Waals surface area contributed by atoms with Gasteiger partial charge in [-0.2, -0.15) is 0 Å². The Kier molecular flexibility index (Phi) is 6.74. The number of benzene rings is 2. The number of nitrogens with one attached hydrogen (secondary N) is 1. The highest BCUT2D eigenvalue weighted by Gasteiger charge is 2.35. The topological polar surface area (TPSA) is 71.0 Å². The molecule has 2 amide bonds. The molecule has 0 bridgehead atoms. The van der Waals surface area contributed by atoms with Crippen molar-refractivity contribution in [3.8, 4) is 5.75 Å². The van der Waals surface area contributed by atoms with Gasteiger partial charge in [-0.1, -0.05) is 27.7 Å². The van der Waals surface area contributed by atoms with Crippen LogP contribution in [0.4, 0.5) is 11.4 Å². The largest absolute Gasteiger partial charge is 0.497 e. The fourth-order valence-electron chi connectivity index (χ4n) is 2.68. The van der Waals surface area contributed by atoms with E-state index in [0.29, 0.717) is 23.1 Å². The third-order valence-corrected chi connectivity index (χ3v) is 5.87. The molecule has 1 atom stereocenters. The molecule has 3 rings (SSSR count). The maximum Gasteiger partial charge on any atom is 0.238 e. The lowest BCUT2D eigenvalue weighted by Gasteiger charge is -2.30. The number of ether oxygens (including phenoxy) is 1. The van der Waals surface area contributed by atoms with Crippen LogP contribution in [0.2, 0.25) is 0 Å². The van der Waals surface area contributed by atoms with Gasteiger partial charge in [0, 0.05) is 23.1 Å². The SMILES string of the molecule is CCN1C(=O)C[C@H](C(=O)Nc2ccc(Br)cc2)SC1=Nc1ccc(OC)cc1. The van der Waals surface area contributed by atoms with Crippen molar-refractivity contribution in [1.82, 2.24) is 4.90 Å². The molecule has 1 heterocycles. The number of hydrogen-bond acceptors (Lipinski definition) is 5. The van der Waals surface area contributed by atoms with E-state index in [1.807, 2.05) is 55.5 Å². The quantitative estimate of drug-likeness (QED) is 0.714. The molecule has 0 spiro atoms. The number of thioether (sulfide) groups is 1. The lowest BCUT2D eigenvalue weighted by molar-refractivity contribution is -0.129. The van der Waals surface area contributed by atoms with Gasteiger partial charge in [-0.3, -0.25) is 14.5 Å². The van der Waals surface area contributed by atoms with Gasteiger partial charge in [0.05, 0.1) is 12.8 Å². The van der Waals surface area contributed by atoms with Crippen molar-refractivity contribution in [1.29, 1.82) is 0 Å². The van der Waals surface area contributed by atoms with Crippen molar-refractivity contribution in [2.45, 2.75) is 18.6 Å². The van der Waals surface area contributed by atoms with Crippen LogP contribution >= 0.6 is 27.7 Å². The van der Waals surface area contributed by atoms with E-state index in [2.05, 4.69) is 26.2 Å². The fraction of sp³-hybridized carbons (Fsp3) is 0.250. The summed E-state index contributed by atoms with van der Waals surface area (Å²) in [5.74, 6) is 0.416. The molecular weight excluding hydrogens is 442 g/mol. The summed E-state index contributed by atoms with van der Waals surface area (Å²) in [4.78, 5) is 31.5. The predicted octanol–water partition coefficient (Wildman–Crippen LogP) is 4.44. The van der Waals surface area contributed by atoms with E-state index >= 15 is 0 Å². The van der Waals surface area contributed by atoms with Crippen molar-refractivity contribution >= 4 is 56.0 Å². The summed E-state index contributed by atoms with van der Waals surface area (Å²) in [5, 5.41) is 2.86. The summed E-state index contributed by atoms with van der Waals surface area (Å²) in [5.41, 5.74) is 1.39. The minimum Gasteiger partial charge on any atom is -0.497 e. The zero-order chi connectivity index (χ0) is 20.1. The van der Waals surface area contributed by atoms with Crippen molar-refractivity contribution in [3.05, 3.63) is 53.0 Å². The van der Waals surface area contributed by atoms with Crippen LogP contribution in [0.1, 0.15) is 13.3 Å². The fourth-order valence-corrected chi connectivity index (χ4v) is 4.10. The average molecular weight is 462 g/mol. The molecule has 28 heavy (non-hydrogen) atoms. The number of methoxy groups -OCH3 is 1. The van der Waals surface area contributed by atoms with Crippen LogP contribution < -0.4 is 10.1 Å². The first-order valence-corrected chi connectivity index (χ1v) is 10.4. The first-order valence-electron chi connectivity index (χ1n) is 8.76. The Morgan fingerprint density at radius 2 is 1.93 bits per heavy atom. The standard InChI is InChI=1S/C20H20BrN3O3S/c1-3-24-18(25)12-17(19(26)22-14-6-4-13(21)5-7-14)28-20(24)23-15-8-10-16(27-2)11-9-15/h4-11,17H,3,12H2,1-2H3,(H,22,26)/t17-/m1/s1. The van der Waals surface area contributed by atoms with Crippen LogP contribution in [0.3, 0.4) is 0 Å². The molecule has 1 aliphatic rings. The van der Waals surface area contributed by atoms with Crippen molar-refractivity contribution in [2.75, 3.05) is 19.0 Å². The van der Waals surface area contributed by atoms with Crippen LogP contribution in [-0.4, -0.2) is 40.8 Å². The van der Waals surface area contributed by atoms with Crippen molar-refractivity contribution in [3.63, 3.8) is 0 Å². The molecule has 1 saturated heterocycles. The van der Waals surface area contributed by atoms with E-state index in [0.717, 1.165) is 10.2 Å². The van der Waals surface area contributed by atoms with E-state index in [4.69, 9.17) is 4.74 Å². The molecule has 0 aromatic heterocycles. The maximum absolute atomic E-state index is 12.7. The van der Waals surface area contributed by atoms with E-state index in [1.54, 1.807) is 12.0 Å². The van der Waals surface area contributed by atoms with Gasteiger partial charge >= 0.3 is 0 Å². The highest BCUT2D eigenvalue weighted by atomic mass is 79.9. The third kappa shape index (κ3) is 4.94. The Hall–Kier alpha value is -2.32. The molecule has 1 N–H and O–H groups in total. The van der Waals surface area contributed by atoms with Gasteiger partial charge in [-0.05, 0) is 55.5 Å². The second-order valence-electron chi connectivity index (χ2n) is 6.04. The van der Waals surface area contributed by atoms with Gasteiger partial charge in [0.25, 0.3) is 0 Å². The molecule has 6 nitrogen and oxygen atoms in total. The zero-order valence-electron chi connectivity index (χ0n) is 15.5.